The van der Waals surface area contributed by atoms with Crippen molar-refractivity contribution in [2.24, 2.45) is 0 Å². The highest BCUT2D eigenvalue weighted by Gasteiger charge is 2.07. The van der Waals surface area contributed by atoms with Gasteiger partial charge in [0.2, 0.25) is 5.95 Å². The fraction of sp³-hybridized carbons (Fsp3) is 0.500. The maximum atomic E-state index is 13.3. The molecule has 0 saturated heterocycles. The van der Waals surface area contributed by atoms with Gasteiger partial charge < -0.3 is 5.32 Å². The van der Waals surface area contributed by atoms with Crippen LogP contribution in [0, 0.1) is 5.95 Å². The molecule has 1 N–H and O–H groups in total. The van der Waals surface area contributed by atoms with Crippen molar-refractivity contribution >= 4 is 5.82 Å². The van der Waals surface area contributed by atoms with Crippen molar-refractivity contribution in [3.05, 3.63) is 23.6 Å². The molecule has 0 bridgehead atoms. The predicted molar refractivity (Wildman–Crippen MR) is 52.4 cm³/mol. The van der Waals surface area contributed by atoms with Crippen LogP contribution in [0.4, 0.5) is 10.2 Å². The third kappa shape index (κ3) is 2.41. The molecular weight excluding hydrogens is 167 g/mol. The summed E-state index contributed by atoms with van der Waals surface area (Å²) in [7, 11) is 0. The number of pyridine rings is 1. The van der Waals surface area contributed by atoms with Gasteiger partial charge in [-0.25, -0.2) is 4.98 Å². The Morgan fingerprint density at radius 1 is 1.46 bits per heavy atom. The summed E-state index contributed by atoms with van der Waals surface area (Å²) in [5.74, 6) is 0.418. The summed E-state index contributed by atoms with van der Waals surface area (Å²) >= 11 is 0. The number of aromatic nitrogens is 1. The molecular formula is C10H15FN2. The first-order chi connectivity index (χ1) is 6.15. The van der Waals surface area contributed by atoms with Gasteiger partial charge in [0.05, 0.1) is 0 Å². The van der Waals surface area contributed by atoms with Crippen LogP contribution in [0.1, 0.15) is 32.3 Å². The summed E-state index contributed by atoms with van der Waals surface area (Å²) in [6.45, 7) is 6.61. The molecule has 72 valence electrons. The number of anilines is 1. The summed E-state index contributed by atoms with van der Waals surface area (Å²) in [4.78, 5) is 3.81. The fourth-order valence-electron chi connectivity index (χ4n) is 1.16. The van der Waals surface area contributed by atoms with Gasteiger partial charge in [0, 0.05) is 12.1 Å². The molecule has 0 aliphatic heterocycles. The number of hydrogen-bond donors (Lipinski definition) is 1. The van der Waals surface area contributed by atoms with Crippen LogP contribution in [0.25, 0.3) is 0 Å². The third-order valence-corrected chi connectivity index (χ3v) is 1.86. The predicted octanol–water partition coefficient (Wildman–Crippen LogP) is 2.78. The van der Waals surface area contributed by atoms with E-state index < -0.39 is 0 Å². The van der Waals surface area contributed by atoms with E-state index in [0.717, 1.165) is 6.54 Å². The molecule has 1 aromatic heterocycles. The molecule has 1 heterocycles. The minimum Gasteiger partial charge on any atom is -0.370 e. The molecule has 0 saturated carbocycles. The van der Waals surface area contributed by atoms with Crippen molar-refractivity contribution in [2.75, 3.05) is 11.9 Å². The Hall–Kier alpha value is -1.12. The Kier molecular flexibility index (Phi) is 3.23. The van der Waals surface area contributed by atoms with Crippen LogP contribution in [0.15, 0.2) is 12.1 Å². The second-order valence-corrected chi connectivity index (χ2v) is 3.26. The van der Waals surface area contributed by atoms with Gasteiger partial charge in [-0.1, -0.05) is 19.9 Å². The number of halogens is 1. The fourth-order valence-corrected chi connectivity index (χ4v) is 1.16. The van der Waals surface area contributed by atoms with Crippen molar-refractivity contribution in [1.82, 2.24) is 4.98 Å². The van der Waals surface area contributed by atoms with Crippen LogP contribution in [0.2, 0.25) is 0 Å². The van der Waals surface area contributed by atoms with Crippen LogP contribution in [-0.2, 0) is 0 Å². The molecule has 1 rings (SSSR count). The van der Waals surface area contributed by atoms with Gasteiger partial charge in [0.25, 0.3) is 0 Å². The third-order valence-electron chi connectivity index (χ3n) is 1.86. The minimum absolute atomic E-state index is 0.183. The highest BCUT2D eigenvalue weighted by atomic mass is 19.1. The van der Waals surface area contributed by atoms with Crippen molar-refractivity contribution in [3.63, 3.8) is 0 Å². The highest BCUT2D eigenvalue weighted by Crippen LogP contribution is 2.18. The molecule has 0 atom stereocenters. The SMILES string of the molecule is CCNc1ccc(C(C)C)c(F)n1. The first kappa shape index (κ1) is 9.96. The van der Waals surface area contributed by atoms with Crippen LogP contribution in [0.5, 0.6) is 0 Å². The zero-order valence-electron chi connectivity index (χ0n) is 8.26. The lowest BCUT2D eigenvalue weighted by molar-refractivity contribution is 0.558. The molecule has 0 radical (unpaired) electrons. The topological polar surface area (TPSA) is 24.9 Å². The Morgan fingerprint density at radius 3 is 2.62 bits per heavy atom. The maximum absolute atomic E-state index is 13.3. The van der Waals surface area contributed by atoms with E-state index in [9.17, 15) is 4.39 Å². The summed E-state index contributed by atoms with van der Waals surface area (Å²) in [5.41, 5.74) is 0.668. The van der Waals surface area contributed by atoms with Gasteiger partial charge >= 0.3 is 0 Å². The smallest absolute Gasteiger partial charge is 0.218 e. The van der Waals surface area contributed by atoms with Crippen molar-refractivity contribution in [2.45, 2.75) is 26.7 Å². The van der Waals surface area contributed by atoms with E-state index in [1.807, 2.05) is 26.8 Å². The van der Waals surface area contributed by atoms with Crippen LogP contribution in [0.3, 0.4) is 0 Å². The molecule has 0 fully saturated rings. The van der Waals surface area contributed by atoms with Crippen molar-refractivity contribution in [3.8, 4) is 0 Å². The van der Waals surface area contributed by atoms with E-state index in [1.54, 1.807) is 6.07 Å². The Morgan fingerprint density at radius 2 is 2.15 bits per heavy atom. The average molecular weight is 182 g/mol. The number of rotatable bonds is 3. The van der Waals surface area contributed by atoms with E-state index >= 15 is 0 Å². The molecule has 0 amide bonds. The quantitative estimate of drug-likeness (QED) is 0.727. The molecule has 13 heavy (non-hydrogen) atoms. The largest absolute Gasteiger partial charge is 0.370 e. The van der Waals surface area contributed by atoms with E-state index in [0.29, 0.717) is 11.4 Å². The Labute approximate surface area is 78.2 Å². The minimum atomic E-state index is -0.367. The normalized spacial score (nSPS) is 10.5. The Balaban J connectivity index is 2.92. The Bertz CT molecular complexity index is 284. The van der Waals surface area contributed by atoms with Gasteiger partial charge in [0.15, 0.2) is 0 Å². The zero-order valence-corrected chi connectivity index (χ0v) is 8.26. The second kappa shape index (κ2) is 4.21. The lowest BCUT2D eigenvalue weighted by Gasteiger charge is -2.08. The second-order valence-electron chi connectivity index (χ2n) is 3.26. The molecule has 0 aromatic carbocycles. The highest BCUT2D eigenvalue weighted by molar-refractivity contribution is 5.36. The standard InChI is InChI=1S/C10H15FN2/c1-4-12-9-6-5-8(7(2)3)10(11)13-9/h5-7H,4H2,1-3H3,(H,12,13). The van der Waals surface area contributed by atoms with E-state index in [2.05, 4.69) is 10.3 Å². The molecule has 3 heteroatoms. The summed E-state index contributed by atoms with van der Waals surface area (Å²) in [6, 6.07) is 3.59. The number of nitrogens with one attached hydrogen (secondary N) is 1. The maximum Gasteiger partial charge on any atom is 0.218 e. The monoisotopic (exact) mass is 182 g/mol. The zero-order chi connectivity index (χ0) is 9.84. The van der Waals surface area contributed by atoms with Crippen LogP contribution >= 0.6 is 0 Å². The molecule has 1 aromatic rings. The van der Waals surface area contributed by atoms with E-state index in [1.165, 1.54) is 0 Å². The van der Waals surface area contributed by atoms with Gasteiger partial charge in [-0.05, 0) is 18.9 Å². The van der Waals surface area contributed by atoms with Crippen LogP contribution < -0.4 is 5.32 Å². The molecule has 0 aliphatic carbocycles. The van der Waals surface area contributed by atoms with Gasteiger partial charge in [-0.3, -0.25) is 0 Å². The number of nitrogens with zero attached hydrogens (tertiary/aromatic N) is 1. The molecule has 0 aliphatic rings. The van der Waals surface area contributed by atoms with E-state index in [4.69, 9.17) is 0 Å². The number of hydrogen-bond acceptors (Lipinski definition) is 2. The van der Waals surface area contributed by atoms with E-state index in [-0.39, 0.29) is 11.9 Å². The summed E-state index contributed by atoms with van der Waals surface area (Å²) in [5, 5.41) is 2.96. The first-order valence-corrected chi connectivity index (χ1v) is 4.55. The average Bonchev–Trinajstić information content (AvgIpc) is 2.04. The lowest BCUT2D eigenvalue weighted by atomic mass is 10.1. The molecule has 2 nitrogen and oxygen atoms in total. The first-order valence-electron chi connectivity index (χ1n) is 4.55. The molecule has 0 spiro atoms. The van der Waals surface area contributed by atoms with Gasteiger partial charge in [0.1, 0.15) is 5.82 Å². The lowest BCUT2D eigenvalue weighted by Crippen LogP contribution is -2.03. The van der Waals surface area contributed by atoms with Crippen molar-refractivity contribution < 1.29 is 4.39 Å². The van der Waals surface area contributed by atoms with Crippen LogP contribution in [-0.4, -0.2) is 11.5 Å². The van der Waals surface area contributed by atoms with Gasteiger partial charge in [-0.15, -0.1) is 0 Å². The van der Waals surface area contributed by atoms with Gasteiger partial charge in [-0.2, -0.15) is 4.39 Å². The summed E-state index contributed by atoms with van der Waals surface area (Å²) in [6.07, 6.45) is 0. The summed E-state index contributed by atoms with van der Waals surface area (Å²) < 4.78 is 13.3. The van der Waals surface area contributed by atoms with Crippen molar-refractivity contribution in [1.29, 1.82) is 0 Å². The molecule has 0 unspecified atom stereocenters.